The van der Waals surface area contributed by atoms with Gasteiger partial charge in [-0.2, -0.15) is 0 Å². The van der Waals surface area contributed by atoms with E-state index in [1.165, 1.54) is 23.1 Å². The fourth-order valence-corrected chi connectivity index (χ4v) is 3.09. The molecule has 5 heteroatoms. The van der Waals surface area contributed by atoms with Gasteiger partial charge < -0.3 is 9.80 Å². The van der Waals surface area contributed by atoms with Crippen molar-refractivity contribution < 1.29 is 14.0 Å². The fraction of sp³-hybridized carbons (Fsp3) is 0.217. The van der Waals surface area contributed by atoms with Crippen LogP contribution in [0.5, 0.6) is 0 Å². The lowest BCUT2D eigenvalue weighted by Gasteiger charge is -2.18. The summed E-state index contributed by atoms with van der Waals surface area (Å²) in [6, 6.07) is 13.5. The van der Waals surface area contributed by atoms with Crippen LogP contribution >= 0.6 is 0 Å². The second kappa shape index (κ2) is 9.01. The number of carbonyl (C=O) groups is 2. The van der Waals surface area contributed by atoms with Crippen LogP contribution in [0.1, 0.15) is 24.0 Å². The smallest absolute Gasteiger partial charge is 0.247 e. The third-order valence-electron chi connectivity index (χ3n) is 4.58. The molecule has 1 saturated heterocycles. The predicted octanol–water partition coefficient (Wildman–Crippen LogP) is 3.63. The number of hydrogen-bond donors (Lipinski definition) is 0. The van der Waals surface area contributed by atoms with Crippen molar-refractivity contribution in [3.8, 4) is 12.3 Å². The second-order valence-corrected chi connectivity index (χ2v) is 6.60. The molecule has 0 aliphatic carbocycles. The molecule has 1 heterocycles. The summed E-state index contributed by atoms with van der Waals surface area (Å²) in [6.07, 6.45) is 10.0. The van der Waals surface area contributed by atoms with Crippen LogP contribution in [0.4, 0.5) is 10.1 Å². The number of nitrogens with zero attached hydrogens (tertiary/aromatic N) is 2. The van der Waals surface area contributed by atoms with Crippen molar-refractivity contribution in [1.82, 2.24) is 4.90 Å². The van der Waals surface area contributed by atoms with E-state index >= 15 is 0 Å². The standard InChI is InChI=1S/C23H21FN2O2/c1-2-15-25(17-19-5-10-20(24)11-6-19)22(27)14-9-18-7-12-21(13-8-18)26-16-3-4-23(26)28/h1,5-14H,3-4,15-17H2/b14-9+. The van der Waals surface area contributed by atoms with Crippen molar-refractivity contribution in [2.45, 2.75) is 19.4 Å². The zero-order valence-corrected chi connectivity index (χ0v) is 15.5. The lowest BCUT2D eigenvalue weighted by atomic mass is 10.1. The number of carbonyl (C=O) groups excluding carboxylic acids is 2. The molecule has 0 aromatic heterocycles. The average Bonchev–Trinajstić information content (AvgIpc) is 3.14. The normalized spacial score (nSPS) is 13.7. The molecule has 4 nitrogen and oxygen atoms in total. The Morgan fingerprint density at radius 2 is 1.89 bits per heavy atom. The van der Waals surface area contributed by atoms with Crippen LogP contribution in [0.15, 0.2) is 54.6 Å². The first-order valence-corrected chi connectivity index (χ1v) is 9.12. The predicted molar refractivity (Wildman–Crippen MR) is 108 cm³/mol. The van der Waals surface area contributed by atoms with E-state index < -0.39 is 0 Å². The van der Waals surface area contributed by atoms with E-state index in [1.807, 2.05) is 24.3 Å². The van der Waals surface area contributed by atoms with Gasteiger partial charge in [-0.25, -0.2) is 4.39 Å². The molecule has 2 amide bonds. The maximum Gasteiger partial charge on any atom is 0.247 e. The Labute approximate surface area is 164 Å². The molecule has 2 aromatic rings. The second-order valence-electron chi connectivity index (χ2n) is 6.60. The summed E-state index contributed by atoms with van der Waals surface area (Å²) < 4.78 is 13.0. The topological polar surface area (TPSA) is 40.6 Å². The summed E-state index contributed by atoms with van der Waals surface area (Å²) in [6.45, 7) is 1.22. The molecular weight excluding hydrogens is 355 g/mol. The molecule has 1 aliphatic rings. The van der Waals surface area contributed by atoms with Crippen LogP contribution in [-0.4, -0.2) is 29.8 Å². The van der Waals surface area contributed by atoms with E-state index in [0.717, 1.165) is 29.8 Å². The molecule has 3 rings (SSSR count). The third kappa shape index (κ3) is 4.86. The van der Waals surface area contributed by atoms with Crippen LogP contribution in [0.2, 0.25) is 0 Å². The summed E-state index contributed by atoms with van der Waals surface area (Å²) >= 11 is 0. The van der Waals surface area contributed by atoms with Crippen LogP contribution in [0.3, 0.4) is 0 Å². The van der Waals surface area contributed by atoms with Crippen LogP contribution in [-0.2, 0) is 16.1 Å². The Kier molecular flexibility index (Phi) is 6.23. The lowest BCUT2D eigenvalue weighted by molar-refractivity contribution is -0.126. The zero-order chi connectivity index (χ0) is 19.9. The van der Waals surface area contributed by atoms with E-state index in [-0.39, 0.29) is 24.2 Å². The number of amides is 2. The van der Waals surface area contributed by atoms with Gasteiger partial charge in [-0.05, 0) is 47.9 Å². The summed E-state index contributed by atoms with van der Waals surface area (Å²) in [5.41, 5.74) is 2.53. The molecule has 1 fully saturated rings. The number of benzene rings is 2. The Bertz CT molecular complexity index is 911. The van der Waals surface area contributed by atoms with E-state index in [0.29, 0.717) is 13.0 Å². The van der Waals surface area contributed by atoms with Gasteiger partial charge in [-0.1, -0.05) is 30.2 Å². The maximum absolute atomic E-state index is 13.0. The molecule has 0 bridgehead atoms. The number of halogens is 1. The van der Waals surface area contributed by atoms with Crippen molar-refractivity contribution >= 4 is 23.6 Å². The quantitative estimate of drug-likeness (QED) is 0.571. The van der Waals surface area contributed by atoms with Gasteiger partial charge in [-0.3, -0.25) is 9.59 Å². The molecule has 28 heavy (non-hydrogen) atoms. The molecule has 0 radical (unpaired) electrons. The molecule has 0 N–H and O–H groups in total. The van der Waals surface area contributed by atoms with E-state index in [1.54, 1.807) is 23.1 Å². The zero-order valence-electron chi connectivity index (χ0n) is 15.5. The maximum atomic E-state index is 13.0. The van der Waals surface area contributed by atoms with Gasteiger partial charge >= 0.3 is 0 Å². The highest BCUT2D eigenvalue weighted by Gasteiger charge is 2.21. The van der Waals surface area contributed by atoms with Gasteiger partial charge in [-0.15, -0.1) is 6.42 Å². The van der Waals surface area contributed by atoms with E-state index in [9.17, 15) is 14.0 Å². The first-order valence-electron chi connectivity index (χ1n) is 9.12. The molecule has 2 aromatic carbocycles. The van der Waals surface area contributed by atoms with Crippen molar-refractivity contribution in [3.63, 3.8) is 0 Å². The van der Waals surface area contributed by atoms with Crippen LogP contribution in [0.25, 0.3) is 6.08 Å². The summed E-state index contributed by atoms with van der Waals surface area (Å²) in [5, 5.41) is 0. The summed E-state index contributed by atoms with van der Waals surface area (Å²) in [5.74, 6) is 2.08. The van der Waals surface area contributed by atoms with Gasteiger partial charge in [0.2, 0.25) is 11.8 Å². The van der Waals surface area contributed by atoms with Crippen molar-refractivity contribution in [2.24, 2.45) is 0 Å². The van der Waals surface area contributed by atoms with Crippen molar-refractivity contribution in [3.05, 3.63) is 71.6 Å². The van der Waals surface area contributed by atoms with Gasteiger partial charge in [0.05, 0.1) is 6.54 Å². The largest absolute Gasteiger partial charge is 0.324 e. The molecule has 1 aliphatic heterocycles. The minimum atomic E-state index is -0.322. The van der Waals surface area contributed by atoms with Crippen molar-refractivity contribution in [1.29, 1.82) is 0 Å². The Hall–Kier alpha value is -3.39. The summed E-state index contributed by atoms with van der Waals surface area (Å²) in [4.78, 5) is 27.6. The van der Waals surface area contributed by atoms with Crippen LogP contribution in [0, 0.1) is 18.2 Å². The van der Waals surface area contributed by atoms with Gasteiger partial charge in [0.25, 0.3) is 0 Å². The van der Waals surface area contributed by atoms with Crippen molar-refractivity contribution in [2.75, 3.05) is 18.0 Å². The first kappa shape index (κ1) is 19.4. The SMILES string of the molecule is C#CCN(Cc1ccc(F)cc1)C(=O)/C=C/c1ccc(N2CCCC2=O)cc1. The third-order valence-corrected chi connectivity index (χ3v) is 4.58. The van der Waals surface area contributed by atoms with Crippen LogP contribution < -0.4 is 4.90 Å². The van der Waals surface area contributed by atoms with Gasteiger partial charge in [0, 0.05) is 31.3 Å². The lowest BCUT2D eigenvalue weighted by Crippen LogP contribution is -2.29. The Balaban J connectivity index is 1.65. The molecule has 142 valence electrons. The number of hydrogen-bond acceptors (Lipinski definition) is 2. The number of rotatable bonds is 6. The molecule has 0 atom stereocenters. The highest BCUT2D eigenvalue weighted by molar-refractivity contribution is 5.95. The first-order chi connectivity index (χ1) is 13.6. The van der Waals surface area contributed by atoms with Gasteiger partial charge in [0.15, 0.2) is 0 Å². The van der Waals surface area contributed by atoms with E-state index in [4.69, 9.17) is 6.42 Å². The molecule has 0 spiro atoms. The highest BCUT2D eigenvalue weighted by atomic mass is 19.1. The average molecular weight is 376 g/mol. The Morgan fingerprint density at radius 3 is 2.50 bits per heavy atom. The van der Waals surface area contributed by atoms with E-state index in [2.05, 4.69) is 5.92 Å². The molecule has 0 saturated carbocycles. The minimum absolute atomic E-state index is 0.143. The Morgan fingerprint density at radius 1 is 1.18 bits per heavy atom. The summed E-state index contributed by atoms with van der Waals surface area (Å²) in [7, 11) is 0. The minimum Gasteiger partial charge on any atom is -0.324 e. The monoisotopic (exact) mass is 376 g/mol. The van der Waals surface area contributed by atoms with Gasteiger partial charge in [0.1, 0.15) is 5.82 Å². The molecule has 0 unspecified atom stereocenters. The number of anilines is 1. The fourth-order valence-electron chi connectivity index (χ4n) is 3.09. The number of terminal acetylenes is 1. The highest BCUT2D eigenvalue weighted by Crippen LogP contribution is 2.22. The molecular formula is C23H21FN2O2.